The Labute approximate surface area is 179 Å². The number of hydrogen-bond donors (Lipinski definition) is 0. The highest BCUT2D eigenvalue weighted by molar-refractivity contribution is 9.10. The topological polar surface area (TPSA) is 49.9 Å². The number of hydrogen-bond acceptors (Lipinski definition) is 3. The molecule has 2 aromatic rings. The monoisotopic (exact) mass is 456 g/mol. The lowest BCUT2D eigenvalue weighted by atomic mass is 9.97. The van der Waals surface area contributed by atoms with Crippen LogP contribution in [0.15, 0.2) is 46.9 Å². The largest absolute Gasteiger partial charge is 0.483 e. The summed E-state index contributed by atoms with van der Waals surface area (Å²) in [7, 11) is 0. The minimum Gasteiger partial charge on any atom is -0.483 e. The fourth-order valence-electron chi connectivity index (χ4n) is 4.01. The Morgan fingerprint density at radius 2 is 1.76 bits per heavy atom. The third-order valence-electron chi connectivity index (χ3n) is 5.63. The molecule has 2 aliphatic heterocycles. The molecule has 2 aliphatic rings. The molecule has 29 heavy (non-hydrogen) atoms. The Balaban J connectivity index is 1.43. The van der Waals surface area contributed by atoms with E-state index in [0.29, 0.717) is 24.4 Å². The van der Waals surface area contributed by atoms with Gasteiger partial charge in [-0.25, -0.2) is 0 Å². The molecule has 1 saturated heterocycles. The molecule has 5 nitrogen and oxygen atoms in total. The molecule has 0 saturated carbocycles. The average molecular weight is 457 g/mol. The van der Waals surface area contributed by atoms with Crippen molar-refractivity contribution in [2.45, 2.75) is 32.2 Å². The lowest BCUT2D eigenvalue weighted by Gasteiger charge is -2.30. The van der Waals surface area contributed by atoms with E-state index in [-0.39, 0.29) is 18.4 Å². The Hall–Kier alpha value is -2.34. The molecule has 1 fully saturated rings. The Bertz CT molecular complexity index is 891. The van der Waals surface area contributed by atoms with Crippen LogP contribution in [0.25, 0.3) is 0 Å². The third-order valence-corrected chi connectivity index (χ3v) is 6.16. The smallest absolute Gasteiger partial charge is 0.260 e. The second-order valence-electron chi connectivity index (χ2n) is 7.62. The van der Waals surface area contributed by atoms with Crippen molar-refractivity contribution in [3.05, 3.63) is 63.6 Å². The van der Waals surface area contributed by atoms with Gasteiger partial charge in [0.05, 0.1) is 0 Å². The number of nitrogens with zero attached hydrogens (tertiary/aromatic N) is 2. The predicted molar refractivity (Wildman–Crippen MR) is 115 cm³/mol. The van der Waals surface area contributed by atoms with Gasteiger partial charge in [0.15, 0.2) is 6.61 Å². The molecule has 0 bridgehead atoms. The number of carbonyl (C=O) groups is 2. The van der Waals surface area contributed by atoms with E-state index < -0.39 is 0 Å². The maximum absolute atomic E-state index is 13.0. The number of likely N-dealkylation sites (tertiary alicyclic amines) is 1. The fraction of sp³-hybridized carbons (Fsp3) is 0.391. The van der Waals surface area contributed by atoms with Gasteiger partial charge >= 0.3 is 0 Å². The highest BCUT2D eigenvalue weighted by Gasteiger charge is 2.27. The van der Waals surface area contributed by atoms with Crippen LogP contribution in [-0.2, 0) is 17.8 Å². The van der Waals surface area contributed by atoms with E-state index in [1.165, 1.54) is 6.42 Å². The van der Waals surface area contributed by atoms with Crippen molar-refractivity contribution in [1.29, 1.82) is 0 Å². The maximum Gasteiger partial charge on any atom is 0.260 e. The van der Waals surface area contributed by atoms with Crippen molar-refractivity contribution in [2.75, 3.05) is 26.2 Å². The zero-order chi connectivity index (χ0) is 20.2. The van der Waals surface area contributed by atoms with Crippen molar-refractivity contribution >= 4 is 27.7 Å². The van der Waals surface area contributed by atoms with Crippen molar-refractivity contribution in [2.24, 2.45) is 0 Å². The third kappa shape index (κ3) is 4.64. The first-order chi connectivity index (χ1) is 14.1. The summed E-state index contributed by atoms with van der Waals surface area (Å²) in [6.07, 6.45) is 4.05. The molecule has 2 aromatic carbocycles. The van der Waals surface area contributed by atoms with Crippen LogP contribution in [0.2, 0.25) is 0 Å². The van der Waals surface area contributed by atoms with Crippen molar-refractivity contribution in [3.63, 3.8) is 0 Å². The molecule has 2 heterocycles. The molecule has 0 unspecified atom stereocenters. The highest BCUT2D eigenvalue weighted by Crippen LogP contribution is 2.29. The normalized spacial score (nSPS) is 16.5. The molecule has 0 aliphatic carbocycles. The maximum atomic E-state index is 13.0. The van der Waals surface area contributed by atoms with E-state index in [9.17, 15) is 9.59 Å². The lowest BCUT2D eigenvalue weighted by Crippen LogP contribution is -2.39. The minimum absolute atomic E-state index is 0.0157. The first-order valence-corrected chi connectivity index (χ1v) is 11.0. The van der Waals surface area contributed by atoms with Gasteiger partial charge in [0.2, 0.25) is 0 Å². The van der Waals surface area contributed by atoms with Crippen LogP contribution in [-0.4, -0.2) is 47.9 Å². The minimum atomic E-state index is 0.0157. The van der Waals surface area contributed by atoms with Gasteiger partial charge in [0, 0.05) is 41.8 Å². The molecule has 2 amide bonds. The van der Waals surface area contributed by atoms with Gasteiger partial charge in [0.25, 0.3) is 11.8 Å². The zero-order valence-electron chi connectivity index (χ0n) is 16.4. The second kappa shape index (κ2) is 8.99. The van der Waals surface area contributed by atoms with Crippen LogP contribution in [0.1, 0.15) is 40.7 Å². The molecule has 0 atom stereocenters. The molecule has 4 rings (SSSR count). The van der Waals surface area contributed by atoms with Crippen LogP contribution in [0.5, 0.6) is 5.75 Å². The average Bonchev–Trinajstić information content (AvgIpc) is 2.76. The summed E-state index contributed by atoms with van der Waals surface area (Å²) < 4.78 is 6.89. The number of carbonyl (C=O) groups excluding carboxylic acids is 2. The van der Waals surface area contributed by atoms with Gasteiger partial charge in [-0.15, -0.1) is 0 Å². The number of fused-ring (bicyclic) bond motifs is 1. The number of halogens is 1. The number of ether oxygens (including phenoxy) is 1. The van der Waals surface area contributed by atoms with E-state index >= 15 is 0 Å². The van der Waals surface area contributed by atoms with Crippen molar-refractivity contribution in [3.8, 4) is 5.75 Å². The van der Waals surface area contributed by atoms with E-state index in [4.69, 9.17) is 4.74 Å². The van der Waals surface area contributed by atoms with Crippen LogP contribution >= 0.6 is 15.9 Å². The summed E-state index contributed by atoms with van der Waals surface area (Å²) in [6.45, 7) is 2.90. The van der Waals surface area contributed by atoms with Crippen LogP contribution in [0.3, 0.4) is 0 Å². The Morgan fingerprint density at radius 3 is 2.52 bits per heavy atom. The SMILES string of the molecule is O=C(COc1cccc2c1CCN(Cc1ccc(Br)cc1)C2=O)N1CCCCC1. The molecular formula is C23H25BrN2O3. The van der Waals surface area contributed by atoms with Crippen molar-refractivity contribution in [1.82, 2.24) is 9.80 Å². The van der Waals surface area contributed by atoms with Crippen LogP contribution in [0.4, 0.5) is 0 Å². The highest BCUT2D eigenvalue weighted by atomic mass is 79.9. The first kappa shape index (κ1) is 20.0. The fourth-order valence-corrected chi connectivity index (χ4v) is 4.28. The van der Waals surface area contributed by atoms with Gasteiger partial charge in [0.1, 0.15) is 5.75 Å². The van der Waals surface area contributed by atoms with E-state index in [1.807, 2.05) is 52.3 Å². The summed E-state index contributed by atoms with van der Waals surface area (Å²) in [5.74, 6) is 0.702. The quantitative estimate of drug-likeness (QED) is 0.681. The van der Waals surface area contributed by atoms with Crippen LogP contribution in [0, 0.1) is 0 Å². The number of rotatable bonds is 5. The van der Waals surface area contributed by atoms with Gasteiger partial charge in [-0.05, 0) is 55.5 Å². The van der Waals surface area contributed by atoms with Crippen LogP contribution < -0.4 is 4.74 Å². The number of benzene rings is 2. The van der Waals surface area contributed by atoms with Gasteiger partial charge in [-0.2, -0.15) is 0 Å². The summed E-state index contributed by atoms with van der Waals surface area (Å²) in [5.41, 5.74) is 2.69. The lowest BCUT2D eigenvalue weighted by molar-refractivity contribution is -0.134. The summed E-state index contributed by atoms with van der Waals surface area (Å²) in [5, 5.41) is 0. The second-order valence-corrected chi connectivity index (χ2v) is 8.53. The first-order valence-electron chi connectivity index (χ1n) is 10.2. The van der Waals surface area contributed by atoms with E-state index in [0.717, 1.165) is 48.0 Å². The Kier molecular flexibility index (Phi) is 6.19. The summed E-state index contributed by atoms with van der Waals surface area (Å²) >= 11 is 3.44. The summed E-state index contributed by atoms with van der Waals surface area (Å²) in [4.78, 5) is 29.2. The Morgan fingerprint density at radius 1 is 1.00 bits per heavy atom. The number of amides is 2. The standard InChI is InChI=1S/C23H25BrN2O3/c24-18-9-7-17(8-10-18)15-26-14-11-19-20(23(26)28)5-4-6-21(19)29-16-22(27)25-12-2-1-3-13-25/h4-10H,1-3,11-16H2. The zero-order valence-corrected chi connectivity index (χ0v) is 18.0. The van der Waals surface area contributed by atoms with Gasteiger partial charge in [-0.1, -0.05) is 34.1 Å². The van der Waals surface area contributed by atoms with E-state index in [1.54, 1.807) is 0 Å². The number of piperidine rings is 1. The molecule has 0 N–H and O–H groups in total. The molecule has 0 radical (unpaired) electrons. The molecular weight excluding hydrogens is 432 g/mol. The predicted octanol–water partition coefficient (Wildman–Crippen LogP) is 4.04. The molecule has 0 aromatic heterocycles. The molecule has 0 spiro atoms. The van der Waals surface area contributed by atoms with Crippen molar-refractivity contribution < 1.29 is 14.3 Å². The van der Waals surface area contributed by atoms with Gasteiger partial charge in [-0.3, -0.25) is 9.59 Å². The molecule has 152 valence electrons. The summed E-state index contributed by atoms with van der Waals surface area (Å²) in [6, 6.07) is 13.6. The molecule has 6 heteroatoms. The van der Waals surface area contributed by atoms with E-state index in [2.05, 4.69) is 15.9 Å². The van der Waals surface area contributed by atoms with Gasteiger partial charge < -0.3 is 14.5 Å².